The summed E-state index contributed by atoms with van der Waals surface area (Å²) in [6, 6.07) is 11.6. The Kier molecular flexibility index (Phi) is 7.54. The third-order valence-electron chi connectivity index (χ3n) is 6.27. The number of aromatic nitrogens is 2. The highest BCUT2D eigenvalue weighted by atomic mass is 32.2. The Hall–Kier alpha value is -3.09. The number of hydrogen-bond donors (Lipinski definition) is 1. The topological polar surface area (TPSA) is 140 Å². The summed E-state index contributed by atoms with van der Waals surface area (Å²) in [5.74, 6) is 0.0490. The number of rotatable bonds is 7. The number of sulfonamides is 1. The second kappa shape index (κ2) is 10.3. The smallest absolute Gasteiger partial charge is 0.322 e. The van der Waals surface area contributed by atoms with Gasteiger partial charge < -0.3 is 4.42 Å². The molecule has 2 aromatic carbocycles. The molecule has 2 atom stereocenters. The lowest BCUT2D eigenvalue weighted by atomic mass is 9.94. The zero-order valence-electron chi connectivity index (χ0n) is 21.1. The van der Waals surface area contributed by atoms with Crippen LogP contribution >= 0.6 is 0 Å². The molecule has 3 aromatic rings. The van der Waals surface area contributed by atoms with Crippen LogP contribution < -0.4 is 5.32 Å². The van der Waals surface area contributed by atoms with Gasteiger partial charge in [0.2, 0.25) is 15.9 Å². The maximum absolute atomic E-state index is 13.1. The van der Waals surface area contributed by atoms with E-state index in [0.29, 0.717) is 18.7 Å². The van der Waals surface area contributed by atoms with Crippen molar-refractivity contribution in [1.29, 1.82) is 0 Å². The lowest BCUT2D eigenvalue weighted by Crippen LogP contribution is -2.42. The van der Waals surface area contributed by atoms with E-state index in [9.17, 15) is 21.6 Å². The summed E-state index contributed by atoms with van der Waals surface area (Å²) in [5, 5.41) is 9.62. The number of carbonyl (C=O) groups is 1. The van der Waals surface area contributed by atoms with Crippen LogP contribution in [0.15, 0.2) is 62.7 Å². The van der Waals surface area contributed by atoms with Crippen molar-refractivity contribution in [2.45, 2.75) is 49.2 Å². The standard InChI is InChI=1S/C25H30N4O6S2/c1-16(2)36(31,32)22-7-5-6-20(13-22)24-27-28-25(35-24)26-23(30)19-8-10-21(11-9-19)37(33,34)29-14-17(3)12-18(4)15-29/h5-11,13,16-18H,12,14-15H2,1-4H3,(H,26,28,30). The largest absolute Gasteiger partial charge is 0.403 e. The van der Waals surface area contributed by atoms with Gasteiger partial charge in [0.25, 0.3) is 5.91 Å². The summed E-state index contributed by atoms with van der Waals surface area (Å²) in [4.78, 5) is 12.9. The first kappa shape index (κ1) is 27.0. The second-order valence-electron chi connectivity index (χ2n) is 9.78. The number of sulfone groups is 1. The van der Waals surface area contributed by atoms with Gasteiger partial charge >= 0.3 is 6.01 Å². The van der Waals surface area contributed by atoms with Crippen LogP contribution in [0.2, 0.25) is 0 Å². The van der Waals surface area contributed by atoms with Gasteiger partial charge in [-0.25, -0.2) is 16.8 Å². The molecule has 1 N–H and O–H groups in total. The molecule has 1 amide bonds. The minimum Gasteiger partial charge on any atom is -0.403 e. The molecule has 0 spiro atoms. The normalized spacial score (nSPS) is 19.2. The van der Waals surface area contributed by atoms with Gasteiger partial charge in [-0.05, 0) is 74.6 Å². The molecule has 10 nitrogen and oxygen atoms in total. The quantitative estimate of drug-likeness (QED) is 0.471. The predicted octanol–water partition coefficient (Wildman–Crippen LogP) is 3.84. The van der Waals surface area contributed by atoms with Crippen LogP contribution in [0, 0.1) is 11.8 Å². The fourth-order valence-corrected chi connectivity index (χ4v) is 7.15. The molecule has 12 heteroatoms. The second-order valence-corrected chi connectivity index (χ2v) is 14.2. The van der Waals surface area contributed by atoms with Crippen molar-refractivity contribution in [2.75, 3.05) is 18.4 Å². The number of piperidine rings is 1. The van der Waals surface area contributed by atoms with E-state index in [1.54, 1.807) is 26.0 Å². The van der Waals surface area contributed by atoms with Gasteiger partial charge in [0.05, 0.1) is 15.0 Å². The molecule has 2 heterocycles. The summed E-state index contributed by atoms with van der Waals surface area (Å²) in [6.07, 6.45) is 0.991. The summed E-state index contributed by atoms with van der Waals surface area (Å²) >= 11 is 0. The molecule has 198 valence electrons. The maximum Gasteiger partial charge on any atom is 0.322 e. The van der Waals surface area contributed by atoms with Crippen molar-refractivity contribution in [1.82, 2.24) is 14.5 Å². The van der Waals surface area contributed by atoms with Crippen LogP contribution in [0.3, 0.4) is 0 Å². The Morgan fingerprint density at radius 1 is 0.973 bits per heavy atom. The highest BCUT2D eigenvalue weighted by Crippen LogP contribution is 2.27. The molecule has 0 bridgehead atoms. The fourth-order valence-electron chi connectivity index (χ4n) is 4.37. The van der Waals surface area contributed by atoms with Gasteiger partial charge in [-0.15, -0.1) is 5.10 Å². The SMILES string of the molecule is CC1CC(C)CN(S(=O)(=O)c2ccc(C(=O)Nc3nnc(-c4cccc(S(=O)(=O)C(C)C)c4)o3)cc2)C1. The lowest BCUT2D eigenvalue weighted by molar-refractivity contribution is 0.102. The van der Waals surface area contributed by atoms with Gasteiger partial charge in [-0.2, -0.15) is 4.31 Å². The summed E-state index contributed by atoms with van der Waals surface area (Å²) in [5.41, 5.74) is 0.606. The number of hydrogen-bond acceptors (Lipinski definition) is 8. The molecule has 4 rings (SSSR count). The van der Waals surface area contributed by atoms with Crippen LogP contribution in [-0.4, -0.2) is 55.6 Å². The van der Waals surface area contributed by atoms with Gasteiger partial charge in [0, 0.05) is 24.2 Å². The lowest BCUT2D eigenvalue weighted by Gasteiger charge is -2.34. The van der Waals surface area contributed by atoms with Gasteiger partial charge in [0.15, 0.2) is 9.84 Å². The average Bonchev–Trinajstić information content (AvgIpc) is 3.32. The van der Waals surface area contributed by atoms with Crippen LogP contribution in [0.1, 0.15) is 44.5 Å². The Morgan fingerprint density at radius 2 is 1.62 bits per heavy atom. The molecule has 1 aromatic heterocycles. The highest BCUT2D eigenvalue weighted by molar-refractivity contribution is 7.92. The van der Waals surface area contributed by atoms with E-state index in [4.69, 9.17) is 4.42 Å². The Balaban J connectivity index is 1.47. The molecule has 0 radical (unpaired) electrons. The van der Waals surface area contributed by atoms with Crippen molar-refractivity contribution in [3.05, 3.63) is 54.1 Å². The first-order valence-corrected chi connectivity index (χ1v) is 15.0. The number of nitrogens with zero attached hydrogens (tertiary/aromatic N) is 3. The van der Waals surface area contributed by atoms with E-state index in [1.165, 1.54) is 40.7 Å². The third-order valence-corrected chi connectivity index (χ3v) is 10.3. The molecular weight excluding hydrogens is 516 g/mol. The minimum absolute atomic E-state index is 0.0440. The summed E-state index contributed by atoms with van der Waals surface area (Å²) < 4.78 is 58.1. The maximum atomic E-state index is 13.1. The Morgan fingerprint density at radius 3 is 2.24 bits per heavy atom. The van der Waals surface area contributed by atoms with Crippen LogP contribution in [0.25, 0.3) is 11.5 Å². The molecule has 2 unspecified atom stereocenters. The van der Waals surface area contributed by atoms with Crippen LogP contribution in [0.5, 0.6) is 0 Å². The first-order valence-electron chi connectivity index (χ1n) is 12.0. The van der Waals surface area contributed by atoms with E-state index >= 15 is 0 Å². The molecule has 1 aliphatic heterocycles. The molecule has 1 saturated heterocycles. The monoisotopic (exact) mass is 546 g/mol. The van der Waals surface area contributed by atoms with Crippen LogP contribution in [0.4, 0.5) is 6.01 Å². The Labute approximate surface area is 217 Å². The minimum atomic E-state index is -3.66. The van der Waals surface area contributed by atoms with Crippen molar-refractivity contribution in [2.24, 2.45) is 11.8 Å². The van der Waals surface area contributed by atoms with Crippen molar-refractivity contribution in [3.63, 3.8) is 0 Å². The molecule has 1 fully saturated rings. The van der Waals surface area contributed by atoms with Gasteiger partial charge in [-0.1, -0.05) is 25.0 Å². The number of amides is 1. The molecule has 0 saturated carbocycles. The molecular formula is C25H30N4O6S2. The number of nitrogens with one attached hydrogen (secondary N) is 1. The average molecular weight is 547 g/mol. The fraction of sp³-hybridized carbons (Fsp3) is 0.400. The van der Waals surface area contributed by atoms with E-state index in [2.05, 4.69) is 15.5 Å². The summed E-state index contributed by atoms with van der Waals surface area (Å²) in [7, 11) is -7.15. The van der Waals surface area contributed by atoms with E-state index < -0.39 is 31.0 Å². The number of benzene rings is 2. The van der Waals surface area contributed by atoms with Crippen molar-refractivity contribution in [3.8, 4) is 11.5 Å². The van der Waals surface area contributed by atoms with E-state index in [-0.39, 0.29) is 39.1 Å². The van der Waals surface area contributed by atoms with Gasteiger partial charge in [-0.3, -0.25) is 10.1 Å². The zero-order valence-corrected chi connectivity index (χ0v) is 22.7. The Bertz CT molecular complexity index is 1490. The molecule has 0 aliphatic carbocycles. The van der Waals surface area contributed by atoms with Crippen molar-refractivity contribution >= 4 is 31.8 Å². The zero-order chi connectivity index (χ0) is 27.0. The van der Waals surface area contributed by atoms with Crippen LogP contribution in [-0.2, 0) is 19.9 Å². The molecule has 1 aliphatic rings. The van der Waals surface area contributed by atoms with E-state index in [1.807, 2.05) is 13.8 Å². The van der Waals surface area contributed by atoms with Crippen molar-refractivity contribution < 1.29 is 26.0 Å². The van der Waals surface area contributed by atoms with Gasteiger partial charge in [0.1, 0.15) is 0 Å². The highest BCUT2D eigenvalue weighted by Gasteiger charge is 2.31. The van der Waals surface area contributed by atoms with E-state index in [0.717, 1.165) is 6.42 Å². The molecule has 37 heavy (non-hydrogen) atoms. The number of anilines is 1. The first-order chi connectivity index (χ1) is 17.4. The summed E-state index contributed by atoms with van der Waals surface area (Å²) in [6.45, 7) is 8.22. The third kappa shape index (κ3) is 5.76. The number of carbonyl (C=O) groups excluding carboxylic acids is 1. The predicted molar refractivity (Wildman–Crippen MR) is 138 cm³/mol.